The molecule has 0 aliphatic carbocycles. The van der Waals surface area contributed by atoms with Crippen LogP contribution in [0.2, 0.25) is 0 Å². The molecular weight excluding hydrogens is 214 g/mol. The number of nitrogens with zero attached hydrogens (tertiary/aromatic N) is 2. The van der Waals surface area contributed by atoms with Crippen LogP contribution in [0.15, 0.2) is 18.3 Å². The molecule has 4 heteroatoms. The predicted molar refractivity (Wildman–Crippen MR) is 69.0 cm³/mol. The minimum Gasteiger partial charge on any atom is -0.374 e. The number of hydrogen-bond acceptors (Lipinski definition) is 3. The molecule has 0 spiro atoms. The van der Waals surface area contributed by atoms with E-state index >= 15 is 0 Å². The minimum atomic E-state index is 0.321. The van der Waals surface area contributed by atoms with Crippen LogP contribution in [0.5, 0.6) is 0 Å². The maximum absolute atomic E-state index is 5.80. The van der Waals surface area contributed by atoms with Gasteiger partial charge in [0.15, 0.2) is 0 Å². The molecule has 96 valence electrons. The molecule has 0 amide bonds. The Bertz CT molecular complexity index is 337. The van der Waals surface area contributed by atoms with Gasteiger partial charge >= 0.3 is 0 Å². The third-order valence-electron chi connectivity index (χ3n) is 3.22. The lowest BCUT2D eigenvalue weighted by atomic mass is 10.2. The quantitative estimate of drug-likeness (QED) is 0.826. The van der Waals surface area contributed by atoms with E-state index in [9.17, 15) is 0 Å². The first-order valence-corrected chi connectivity index (χ1v) is 6.44. The molecule has 1 atom stereocenters. The molecule has 1 aromatic rings. The maximum atomic E-state index is 5.80. The Hall–Kier alpha value is -0.840. The largest absolute Gasteiger partial charge is 0.374 e. The highest BCUT2D eigenvalue weighted by Crippen LogP contribution is 2.09. The Morgan fingerprint density at radius 3 is 3.18 bits per heavy atom. The van der Waals surface area contributed by atoms with Gasteiger partial charge in [0.1, 0.15) is 0 Å². The maximum Gasteiger partial charge on any atom is 0.0880 e. The van der Waals surface area contributed by atoms with Crippen LogP contribution in [0.25, 0.3) is 0 Å². The molecule has 1 N–H and O–H groups in total. The first-order chi connectivity index (χ1) is 8.29. The summed E-state index contributed by atoms with van der Waals surface area (Å²) in [6.07, 6.45) is 2.46. The molecular formula is C13H23N3O. The van der Waals surface area contributed by atoms with E-state index in [-0.39, 0.29) is 0 Å². The Morgan fingerprint density at radius 1 is 1.53 bits per heavy atom. The fraction of sp³-hybridized carbons (Fsp3) is 0.692. The van der Waals surface area contributed by atoms with Gasteiger partial charge < -0.3 is 19.5 Å². The van der Waals surface area contributed by atoms with E-state index in [0.717, 1.165) is 39.3 Å². The summed E-state index contributed by atoms with van der Waals surface area (Å²) < 4.78 is 8.10. The average molecular weight is 237 g/mol. The topological polar surface area (TPSA) is 29.4 Å². The lowest BCUT2D eigenvalue weighted by Gasteiger charge is -2.30. The Morgan fingerprint density at radius 2 is 2.41 bits per heavy atom. The van der Waals surface area contributed by atoms with Gasteiger partial charge in [-0.25, -0.2) is 0 Å². The van der Waals surface area contributed by atoms with Gasteiger partial charge in [0, 0.05) is 38.1 Å². The predicted octanol–water partition coefficient (Wildman–Crippen LogP) is 0.928. The van der Waals surface area contributed by atoms with Crippen LogP contribution >= 0.6 is 0 Å². The number of morpholine rings is 1. The highest BCUT2D eigenvalue weighted by molar-refractivity contribution is 5.07. The van der Waals surface area contributed by atoms with Crippen LogP contribution < -0.4 is 5.32 Å². The zero-order valence-electron chi connectivity index (χ0n) is 10.9. The monoisotopic (exact) mass is 237 g/mol. The fourth-order valence-electron chi connectivity index (χ4n) is 2.24. The van der Waals surface area contributed by atoms with Gasteiger partial charge in [0.05, 0.1) is 12.7 Å². The minimum absolute atomic E-state index is 0.321. The SMILES string of the molecule is CCNCc1cccn1CC1CN(C)CCO1. The summed E-state index contributed by atoms with van der Waals surface area (Å²) in [6, 6.07) is 4.29. The van der Waals surface area contributed by atoms with Crippen LogP contribution in [0.3, 0.4) is 0 Å². The summed E-state index contributed by atoms with van der Waals surface area (Å²) in [5, 5.41) is 3.37. The van der Waals surface area contributed by atoms with Gasteiger partial charge in [-0.05, 0) is 25.7 Å². The summed E-state index contributed by atoms with van der Waals surface area (Å²) >= 11 is 0. The molecule has 4 nitrogen and oxygen atoms in total. The third kappa shape index (κ3) is 3.56. The molecule has 1 saturated heterocycles. The van der Waals surface area contributed by atoms with Crippen molar-refractivity contribution in [3.63, 3.8) is 0 Å². The standard InChI is InChI=1S/C13H23N3O/c1-3-14-9-12-5-4-6-16(12)11-13-10-15(2)7-8-17-13/h4-6,13-14H,3,7-11H2,1-2H3. The molecule has 17 heavy (non-hydrogen) atoms. The van der Waals surface area contributed by atoms with E-state index in [1.807, 2.05) is 0 Å². The smallest absolute Gasteiger partial charge is 0.0880 e. The second-order valence-electron chi connectivity index (χ2n) is 4.69. The second kappa shape index (κ2) is 6.19. The summed E-state index contributed by atoms with van der Waals surface area (Å²) in [4.78, 5) is 2.33. The molecule has 2 rings (SSSR count). The number of nitrogens with one attached hydrogen (secondary N) is 1. The van der Waals surface area contributed by atoms with Crippen molar-refractivity contribution in [2.24, 2.45) is 0 Å². The highest BCUT2D eigenvalue weighted by atomic mass is 16.5. The molecule has 1 aromatic heterocycles. The average Bonchev–Trinajstić information content (AvgIpc) is 2.74. The van der Waals surface area contributed by atoms with Crippen molar-refractivity contribution >= 4 is 0 Å². The zero-order valence-corrected chi connectivity index (χ0v) is 10.9. The Balaban J connectivity index is 1.91. The lowest BCUT2D eigenvalue weighted by Crippen LogP contribution is -2.42. The van der Waals surface area contributed by atoms with Gasteiger partial charge in [-0.1, -0.05) is 6.92 Å². The zero-order chi connectivity index (χ0) is 12.1. The van der Waals surface area contributed by atoms with Gasteiger partial charge in [0.25, 0.3) is 0 Å². The van der Waals surface area contributed by atoms with Crippen molar-refractivity contribution in [2.75, 3.05) is 33.3 Å². The van der Waals surface area contributed by atoms with Crippen molar-refractivity contribution in [1.82, 2.24) is 14.8 Å². The lowest BCUT2D eigenvalue weighted by molar-refractivity contribution is -0.0277. The molecule has 1 fully saturated rings. The van der Waals surface area contributed by atoms with E-state index in [2.05, 4.69) is 47.1 Å². The molecule has 1 unspecified atom stereocenters. The number of ether oxygens (including phenoxy) is 1. The van der Waals surface area contributed by atoms with Crippen LogP contribution in [0.4, 0.5) is 0 Å². The first kappa shape index (κ1) is 12.6. The number of rotatable bonds is 5. The molecule has 0 radical (unpaired) electrons. The molecule has 0 bridgehead atoms. The van der Waals surface area contributed by atoms with Crippen LogP contribution in [-0.4, -0.2) is 48.9 Å². The number of aromatic nitrogens is 1. The van der Waals surface area contributed by atoms with Gasteiger partial charge in [-0.2, -0.15) is 0 Å². The Labute approximate surface area is 104 Å². The van der Waals surface area contributed by atoms with Crippen LogP contribution in [0, 0.1) is 0 Å². The first-order valence-electron chi connectivity index (χ1n) is 6.44. The molecule has 1 aliphatic rings. The summed E-state index contributed by atoms with van der Waals surface area (Å²) in [5.41, 5.74) is 1.34. The molecule has 2 heterocycles. The van der Waals surface area contributed by atoms with E-state index in [1.165, 1.54) is 5.69 Å². The normalized spacial score (nSPS) is 21.9. The summed E-state index contributed by atoms with van der Waals surface area (Å²) in [5.74, 6) is 0. The van der Waals surface area contributed by atoms with E-state index in [4.69, 9.17) is 4.74 Å². The van der Waals surface area contributed by atoms with E-state index < -0.39 is 0 Å². The third-order valence-corrected chi connectivity index (χ3v) is 3.22. The van der Waals surface area contributed by atoms with Crippen molar-refractivity contribution in [1.29, 1.82) is 0 Å². The highest BCUT2D eigenvalue weighted by Gasteiger charge is 2.18. The van der Waals surface area contributed by atoms with E-state index in [1.54, 1.807) is 0 Å². The Kier molecular flexibility index (Phi) is 4.59. The molecule has 0 saturated carbocycles. The van der Waals surface area contributed by atoms with Crippen molar-refractivity contribution < 1.29 is 4.74 Å². The van der Waals surface area contributed by atoms with Gasteiger partial charge in [0.2, 0.25) is 0 Å². The van der Waals surface area contributed by atoms with E-state index in [0.29, 0.717) is 6.10 Å². The number of hydrogen-bond donors (Lipinski definition) is 1. The summed E-state index contributed by atoms with van der Waals surface area (Å²) in [6.45, 7) is 7.96. The fourth-order valence-corrected chi connectivity index (χ4v) is 2.24. The molecule has 1 aliphatic heterocycles. The second-order valence-corrected chi connectivity index (χ2v) is 4.69. The summed E-state index contributed by atoms with van der Waals surface area (Å²) in [7, 11) is 2.16. The number of likely N-dealkylation sites (N-methyl/N-ethyl adjacent to an activating group) is 1. The van der Waals surface area contributed by atoms with Crippen LogP contribution in [-0.2, 0) is 17.8 Å². The molecule has 0 aromatic carbocycles. The van der Waals surface area contributed by atoms with Crippen molar-refractivity contribution in [3.05, 3.63) is 24.0 Å². The van der Waals surface area contributed by atoms with Crippen LogP contribution in [0.1, 0.15) is 12.6 Å². The van der Waals surface area contributed by atoms with Gasteiger partial charge in [-0.3, -0.25) is 0 Å². The van der Waals surface area contributed by atoms with Crippen molar-refractivity contribution in [2.45, 2.75) is 26.1 Å². The van der Waals surface area contributed by atoms with Crippen molar-refractivity contribution in [3.8, 4) is 0 Å². The van der Waals surface area contributed by atoms with Gasteiger partial charge in [-0.15, -0.1) is 0 Å².